The van der Waals surface area contributed by atoms with Gasteiger partial charge in [0.1, 0.15) is 0 Å². The van der Waals surface area contributed by atoms with Crippen LogP contribution in [0.2, 0.25) is 0 Å². The summed E-state index contributed by atoms with van der Waals surface area (Å²) in [4.78, 5) is 2.07. The van der Waals surface area contributed by atoms with E-state index in [2.05, 4.69) is 42.9 Å². The van der Waals surface area contributed by atoms with Gasteiger partial charge in [0.15, 0.2) is 5.82 Å². The molecule has 1 aromatic carbocycles. The highest BCUT2D eigenvalue weighted by atomic mass is 19.4. The minimum absolute atomic E-state index is 0.357. The Balaban J connectivity index is 1.84. The van der Waals surface area contributed by atoms with E-state index in [4.69, 9.17) is 0 Å². The smallest absolute Gasteiger partial charge is 0.314 e. The van der Waals surface area contributed by atoms with Gasteiger partial charge in [0.2, 0.25) is 0 Å². The van der Waals surface area contributed by atoms with E-state index in [9.17, 15) is 13.2 Å². The van der Waals surface area contributed by atoms with Crippen molar-refractivity contribution in [3.05, 3.63) is 59.3 Å². The van der Waals surface area contributed by atoms with Crippen molar-refractivity contribution in [2.24, 2.45) is 13.0 Å². The van der Waals surface area contributed by atoms with E-state index in [1.807, 2.05) is 13.2 Å². The monoisotopic (exact) mass is 373 g/mol. The first-order valence-corrected chi connectivity index (χ1v) is 9.05. The SMILES string of the molecule is CC(C)C1=CCC2(C)C(=C1)c1cn(C)nc1N2c1ccc(C(F)(F)F)cc1. The molecule has 0 radical (unpaired) electrons. The fourth-order valence-electron chi connectivity index (χ4n) is 4.06. The van der Waals surface area contributed by atoms with Crippen LogP contribution in [0.1, 0.15) is 38.3 Å². The molecule has 1 aliphatic carbocycles. The summed E-state index contributed by atoms with van der Waals surface area (Å²) in [5.74, 6) is 1.21. The number of halogens is 3. The molecule has 2 aromatic rings. The second-order valence-electron chi connectivity index (χ2n) is 7.81. The molecule has 1 aromatic heterocycles. The number of benzene rings is 1. The van der Waals surface area contributed by atoms with Gasteiger partial charge in [-0.25, -0.2) is 0 Å². The maximum atomic E-state index is 13.0. The minimum Gasteiger partial charge on any atom is -0.314 e. The van der Waals surface area contributed by atoms with E-state index in [1.165, 1.54) is 23.3 Å². The number of anilines is 2. The van der Waals surface area contributed by atoms with Crippen molar-refractivity contribution in [3.63, 3.8) is 0 Å². The molecule has 0 fully saturated rings. The van der Waals surface area contributed by atoms with Gasteiger partial charge in [-0.2, -0.15) is 18.3 Å². The van der Waals surface area contributed by atoms with Crippen molar-refractivity contribution in [2.75, 3.05) is 4.90 Å². The van der Waals surface area contributed by atoms with Gasteiger partial charge >= 0.3 is 6.18 Å². The Bertz CT molecular complexity index is 948. The van der Waals surface area contributed by atoms with Gasteiger partial charge in [-0.1, -0.05) is 26.0 Å². The first-order valence-electron chi connectivity index (χ1n) is 9.05. The van der Waals surface area contributed by atoms with Crippen molar-refractivity contribution in [2.45, 2.75) is 38.9 Å². The second kappa shape index (κ2) is 5.75. The molecule has 0 saturated carbocycles. The zero-order valence-corrected chi connectivity index (χ0v) is 15.8. The second-order valence-corrected chi connectivity index (χ2v) is 7.81. The topological polar surface area (TPSA) is 21.1 Å². The highest BCUT2D eigenvalue weighted by Gasteiger charge is 2.47. The van der Waals surface area contributed by atoms with Crippen LogP contribution in [0.25, 0.3) is 5.57 Å². The Hall–Kier alpha value is -2.50. The maximum Gasteiger partial charge on any atom is 0.416 e. The van der Waals surface area contributed by atoms with Crippen molar-refractivity contribution in [1.82, 2.24) is 9.78 Å². The first kappa shape index (κ1) is 17.9. The Kier molecular flexibility index (Phi) is 3.81. The van der Waals surface area contributed by atoms with Crippen molar-refractivity contribution < 1.29 is 13.2 Å². The van der Waals surface area contributed by atoms with Crippen LogP contribution in [0.5, 0.6) is 0 Å². The van der Waals surface area contributed by atoms with Gasteiger partial charge in [0, 0.05) is 24.5 Å². The normalized spacial score (nSPS) is 21.9. The molecule has 1 atom stereocenters. The van der Waals surface area contributed by atoms with Crippen LogP contribution >= 0.6 is 0 Å². The quantitative estimate of drug-likeness (QED) is 0.671. The Morgan fingerprint density at radius 2 is 1.81 bits per heavy atom. The molecule has 0 saturated heterocycles. The predicted octanol–water partition coefficient (Wildman–Crippen LogP) is 5.72. The number of hydrogen-bond donors (Lipinski definition) is 0. The summed E-state index contributed by atoms with van der Waals surface area (Å²) in [7, 11) is 1.86. The summed E-state index contributed by atoms with van der Waals surface area (Å²) < 4.78 is 40.6. The molecule has 2 heterocycles. The van der Waals surface area contributed by atoms with E-state index in [0.29, 0.717) is 5.92 Å². The molecule has 0 amide bonds. The van der Waals surface area contributed by atoms with E-state index < -0.39 is 11.7 Å². The fraction of sp³-hybridized carbons (Fsp3) is 0.381. The lowest BCUT2D eigenvalue weighted by molar-refractivity contribution is -0.137. The largest absolute Gasteiger partial charge is 0.416 e. The third-order valence-electron chi connectivity index (χ3n) is 5.55. The first-order chi connectivity index (χ1) is 12.6. The summed E-state index contributed by atoms with van der Waals surface area (Å²) in [6, 6.07) is 5.36. The maximum absolute atomic E-state index is 13.0. The van der Waals surface area contributed by atoms with Crippen molar-refractivity contribution >= 4 is 17.1 Å². The third-order valence-corrected chi connectivity index (χ3v) is 5.55. The zero-order chi connectivity index (χ0) is 19.6. The number of fused-ring (bicyclic) bond motifs is 3. The number of alkyl halides is 3. The summed E-state index contributed by atoms with van der Waals surface area (Å²) in [5, 5.41) is 4.62. The van der Waals surface area contributed by atoms with Gasteiger partial charge in [-0.05, 0) is 54.7 Å². The fourth-order valence-corrected chi connectivity index (χ4v) is 4.06. The lowest BCUT2D eigenvalue weighted by Crippen LogP contribution is -2.41. The van der Waals surface area contributed by atoms with E-state index in [0.717, 1.165) is 35.6 Å². The molecule has 0 N–H and O–H groups in total. The van der Waals surface area contributed by atoms with Crippen LogP contribution in [-0.4, -0.2) is 15.3 Å². The lowest BCUT2D eigenvalue weighted by Gasteiger charge is -2.39. The van der Waals surface area contributed by atoms with Gasteiger partial charge in [0.05, 0.1) is 11.1 Å². The Morgan fingerprint density at radius 3 is 2.41 bits per heavy atom. The minimum atomic E-state index is -4.34. The van der Waals surface area contributed by atoms with Crippen molar-refractivity contribution in [3.8, 4) is 0 Å². The number of nitrogens with zero attached hydrogens (tertiary/aromatic N) is 3. The van der Waals surface area contributed by atoms with E-state index >= 15 is 0 Å². The summed E-state index contributed by atoms with van der Waals surface area (Å²) in [6.45, 7) is 6.46. The molecule has 27 heavy (non-hydrogen) atoms. The van der Waals surface area contributed by atoms with Gasteiger partial charge in [-0.3, -0.25) is 4.68 Å². The van der Waals surface area contributed by atoms with E-state index in [1.54, 1.807) is 4.68 Å². The number of aromatic nitrogens is 2. The van der Waals surface area contributed by atoms with Crippen LogP contribution in [-0.2, 0) is 13.2 Å². The molecule has 0 spiro atoms. The van der Waals surface area contributed by atoms with E-state index in [-0.39, 0.29) is 5.54 Å². The summed E-state index contributed by atoms with van der Waals surface area (Å²) in [6.07, 6.45) is 2.89. The highest BCUT2D eigenvalue weighted by molar-refractivity contribution is 5.94. The summed E-state index contributed by atoms with van der Waals surface area (Å²) >= 11 is 0. The van der Waals surface area contributed by atoms with Crippen LogP contribution in [0.3, 0.4) is 0 Å². The predicted molar refractivity (Wildman–Crippen MR) is 101 cm³/mol. The molecule has 3 nitrogen and oxygen atoms in total. The van der Waals surface area contributed by atoms with Crippen LogP contribution in [0.4, 0.5) is 24.7 Å². The zero-order valence-electron chi connectivity index (χ0n) is 15.8. The summed E-state index contributed by atoms with van der Waals surface area (Å²) in [5.41, 5.74) is 3.23. The van der Waals surface area contributed by atoms with Crippen molar-refractivity contribution in [1.29, 1.82) is 0 Å². The molecule has 2 aliphatic rings. The number of aryl methyl sites for hydroxylation is 1. The molecule has 1 aliphatic heterocycles. The number of allylic oxidation sites excluding steroid dienone is 2. The molecular formula is C21H22F3N3. The molecule has 142 valence electrons. The van der Waals surface area contributed by atoms with Crippen LogP contribution in [0.15, 0.2) is 48.2 Å². The van der Waals surface area contributed by atoms with Gasteiger partial charge in [-0.15, -0.1) is 0 Å². The molecule has 6 heteroatoms. The van der Waals surface area contributed by atoms with Gasteiger partial charge < -0.3 is 4.90 Å². The van der Waals surface area contributed by atoms with Gasteiger partial charge in [0.25, 0.3) is 0 Å². The third kappa shape index (κ3) is 2.69. The molecule has 1 unspecified atom stereocenters. The number of rotatable bonds is 2. The molecular weight excluding hydrogens is 351 g/mol. The standard InChI is InChI=1S/C21H22F3N3/c1-13(2)14-9-10-20(3)18(11-14)17-12-26(4)25-19(17)27(20)16-7-5-15(6-8-16)21(22,23)24/h5-9,11-13H,10H2,1-4H3. The Morgan fingerprint density at radius 1 is 1.15 bits per heavy atom. The van der Waals surface area contributed by atoms with Crippen LogP contribution < -0.4 is 4.90 Å². The number of hydrogen-bond acceptors (Lipinski definition) is 2. The molecule has 4 rings (SSSR count). The van der Waals surface area contributed by atoms with Crippen LogP contribution in [0, 0.1) is 5.92 Å². The molecule has 0 bridgehead atoms. The average molecular weight is 373 g/mol. The lowest BCUT2D eigenvalue weighted by atomic mass is 9.79. The Labute approximate surface area is 156 Å². The average Bonchev–Trinajstić information content (AvgIpc) is 3.05. The highest BCUT2D eigenvalue weighted by Crippen LogP contribution is 2.54.